The molecule has 0 heterocycles. The first-order valence-corrected chi connectivity index (χ1v) is 27.5. The molecule has 0 radical (unpaired) electrons. The van der Waals surface area contributed by atoms with Crippen molar-refractivity contribution in [2.24, 2.45) is 0 Å². The van der Waals surface area contributed by atoms with Crippen LogP contribution in [0.5, 0.6) is 0 Å². The van der Waals surface area contributed by atoms with Gasteiger partial charge >= 0.3 is 17.9 Å². The molecule has 0 saturated carbocycles. The van der Waals surface area contributed by atoms with E-state index in [1.165, 1.54) is 12.8 Å². The van der Waals surface area contributed by atoms with Crippen LogP contribution in [-0.4, -0.2) is 37.2 Å². The third-order valence-electron chi connectivity index (χ3n) is 10.7. The van der Waals surface area contributed by atoms with Gasteiger partial charge in [-0.05, 0) is 135 Å². The van der Waals surface area contributed by atoms with Crippen molar-refractivity contribution in [1.29, 1.82) is 0 Å². The van der Waals surface area contributed by atoms with E-state index in [0.29, 0.717) is 19.3 Å². The molecule has 0 fully saturated rings. The van der Waals surface area contributed by atoms with E-state index in [4.69, 9.17) is 14.2 Å². The molecular weight excluding hydrogens is 865 g/mol. The number of carbonyl (C=O) groups excluding carboxylic acids is 3. The van der Waals surface area contributed by atoms with Gasteiger partial charge in [0.15, 0.2) is 6.10 Å². The number of allylic oxidation sites excluding steroid dienone is 26. The molecule has 0 aromatic heterocycles. The predicted octanol–water partition coefficient (Wildman–Crippen LogP) is 18.6. The Morgan fingerprint density at radius 1 is 0.300 bits per heavy atom. The van der Waals surface area contributed by atoms with E-state index in [2.05, 4.69) is 179 Å². The smallest absolute Gasteiger partial charge is 0.306 e. The van der Waals surface area contributed by atoms with E-state index < -0.39 is 6.10 Å². The molecule has 6 nitrogen and oxygen atoms in total. The Bertz CT molecular complexity index is 1620. The summed E-state index contributed by atoms with van der Waals surface area (Å²) in [6.45, 7) is 6.23. The second kappa shape index (κ2) is 56.6. The number of hydrogen-bond acceptors (Lipinski definition) is 6. The normalized spacial score (nSPS) is 13.4. The predicted molar refractivity (Wildman–Crippen MR) is 302 cm³/mol. The van der Waals surface area contributed by atoms with Gasteiger partial charge in [-0.1, -0.05) is 211 Å². The second-order valence-corrected chi connectivity index (χ2v) is 17.4. The molecule has 0 aliphatic rings. The van der Waals surface area contributed by atoms with Crippen molar-refractivity contribution in [2.75, 3.05) is 13.2 Å². The zero-order valence-corrected chi connectivity index (χ0v) is 44.5. The van der Waals surface area contributed by atoms with Crippen molar-refractivity contribution in [3.63, 3.8) is 0 Å². The average molecular weight is 963 g/mol. The quantitative estimate of drug-likeness (QED) is 0.0262. The van der Waals surface area contributed by atoms with Gasteiger partial charge in [0.1, 0.15) is 13.2 Å². The molecule has 0 spiro atoms. The standard InChI is InChI=1S/C64H98O6/c1-4-7-10-13-16-19-22-24-25-26-27-28-29-30-31-32-33-34-35-36-37-38-39-41-42-45-48-51-54-57-63(66)69-60-61(59-68-62(65)56-53-50-47-44-21-18-15-12-9-6-3)70-64(67)58-55-52-49-46-43-40-23-20-17-14-11-8-5-2/h7-8,10-12,15-17,19-20,24-25,27-28,30-31,33-34,36-37,39-41,43,45,48,61H,4-6,9,13-14,18,21-23,26,29,32,35,38,42,44,46-47,49-60H2,1-3H3/b10-7-,11-8-,15-12-,19-16-,20-17-,25-24-,28-27-,31-30-,34-33-,37-36-,41-39-,43-40-,48-45-. The summed E-state index contributed by atoms with van der Waals surface area (Å²) in [6, 6.07) is 0. The van der Waals surface area contributed by atoms with Gasteiger partial charge < -0.3 is 14.2 Å². The van der Waals surface area contributed by atoms with Crippen LogP contribution in [-0.2, 0) is 28.6 Å². The Kier molecular flexibility index (Phi) is 52.6. The summed E-state index contributed by atoms with van der Waals surface area (Å²) < 4.78 is 16.7. The van der Waals surface area contributed by atoms with Crippen molar-refractivity contribution >= 4 is 17.9 Å². The molecule has 0 N–H and O–H groups in total. The van der Waals surface area contributed by atoms with Gasteiger partial charge in [-0.15, -0.1) is 0 Å². The molecule has 0 saturated heterocycles. The first kappa shape index (κ1) is 65.0. The summed E-state index contributed by atoms with van der Waals surface area (Å²) in [5.41, 5.74) is 0. The van der Waals surface area contributed by atoms with Crippen molar-refractivity contribution in [3.05, 3.63) is 158 Å². The highest BCUT2D eigenvalue weighted by Crippen LogP contribution is 2.11. The summed E-state index contributed by atoms with van der Waals surface area (Å²) in [5.74, 6) is -1.04. The van der Waals surface area contributed by atoms with Gasteiger partial charge in [-0.3, -0.25) is 14.4 Å². The van der Waals surface area contributed by atoms with Crippen molar-refractivity contribution in [3.8, 4) is 0 Å². The molecule has 6 heteroatoms. The molecule has 70 heavy (non-hydrogen) atoms. The number of carbonyl (C=O) groups is 3. The highest BCUT2D eigenvalue weighted by molar-refractivity contribution is 5.71. The van der Waals surface area contributed by atoms with Crippen LogP contribution in [0.15, 0.2) is 158 Å². The number of ether oxygens (including phenoxy) is 3. The molecule has 0 aromatic rings. The van der Waals surface area contributed by atoms with Crippen LogP contribution < -0.4 is 0 Å². The molecule has 0 bridgehead atoms. The fraction of sp³-hybridized carbons (Fsp3) is 0.547. The monoisotopic (exact) mass is 963 g/mol. The van der Waals surface area contributed by atoms with E-state index in [9.17, 15) is 14.4 Å². The maximum Gasteiger partial charge on any atom is 0.306 e. The van der Waals surface area contributed by atoms with Crippen molar-refractivity contribution in [1.82, 2.24) is 0 Å². The van der Waals surface area contributed by atoms with Crippen LogP contribution in [0.4, 0.5) is 0 Å². The molecule has 0 rings (SSSR count). The number of hydrogen-bond donors (Lipinski definition) is 0. The summed E-state index contributed by atoms with van der Waals surface area (Å²) in [7, 11) is 0. The molecule has 0 aromatic carbocycles. The number of esters is 3. The van der Waals surface area contributed by atoms with E-state index in [0.717, 1.165) is 141 Å². The fourth-order valence-corrected chi connectivity index (χ4v) is 6.69. The van der Waals surface area contributed by atoms with Gasteiger partial charge in [0.05, 0.1) is 0 Å². The lowest BCUT2D eigenvalue weighted by molar-refractivity contribution is -0.167. The van der Waals surface area contributed by atoms with Crippen LogP contribution >= 0.6 is 0 Å². The van der Waals surface area contributed by atoms with Crippen LogP contribution in [0.3, 0.4) is 0 Å². The molecule has 0 amide bonds. The van der Waals surface area contributed by atoms with E-state index in [1.54, 1.807) is 0 Å². The van der Waals surface area contributed by atoms with Gasteiger partial charge in [0.25, 0.3) is 0 Å². The maximum absolute atomic E-state index is 12.8. The number of unbranched alkanes of at least 4 members (excludes halogenated alkanes) is 10. The third-order valence-corrected chi connectivity index (χ3v) is 10.7. The van der Waals surface area contributed by atoms with Gasteiger partial charge in [0.2, 0.25) is 0 Å². The molecular formula is C64H98O6. The summed E-state index contributed by atoms with van der Waals surface area (Å²) in [5, 5.41) is 0. The first-order chi connectivity index (χ1) is 34.5. The Morgan fingerprint density at radius 2 is 0.571 bits per heavy atom. The second-order valence-electron chi connectivity index (χ2n) is 17.4. The number of rotatable bonds is 47. The lowest BCUT2D eigenvalue weighted by atomic mass is 10.1. The molecule has 0 aliphatic carbocycles. The first-order valence-electron chi connectivity index (χ1n) is 27.5. The lowest BCUT2D eigenvalue weighted by Crippen LogP contribution is -2.30. The molecule has 1 atom stereocenters. The summed E-state index contributed by atoms with van der Waals surface area (Å²) >= 11 is 0. The topological polar surface area (TPSA) is 78.9 Å². The van der Waals surface area contributed by atoms with Crippen LogP contribution in [0, 0.1) is 0 Å². The molecule has 0 aliphatic heterocycles. The summed E-state index contributed by atoms with van der Waals surface area (Å²) in [4.78, 5) is 37.9. The van der Waals surface area contributed by atoms with Crippen LogP contribution in [0.1, 0.15) is 207 Å². The minimum Gasteiger partial charge on any atom is -0.462 e. The van der Waals surface area contributed by atoms with Gasteiger partial charge in [-0.2, -0.15) is 0 Å². The fourth-order valence-electron chi connectivity index (χ4n) is 6.69. The minimum absolute atomic E-state index is 0.119. The van der Waals surface area contributed by atoms with E-state index in [1.807, 2.05) is 0 Å². The maximum atomic E-state index is 12.8. The SMILES string of the molecule is CC/C=C\C/C=C\C/C=C\C/C=C\C/C=C\C/C=C\C/C=C\C/C=C\C/C=C\CCCC(=O)OCC(COC(=O)CCCCCCC/C=C\CCC)OC(=O)CCCCC/C=C\C/C=C\C/C=C\CC. The summed E-state index contributed by atoms with van der Waals surface area (Å²) in [6.07, 6.45) is 82.5. The van der Waals surface area contributed by atoms with E-state index in [-0.39, 0.29) is 44.0 Å². The Hall–Kier alpha value is -4.97. The minimum atomic E-state index is -0.826. The van der Waals surface area contributed by atoms with Gasteiger partial charge in [0, 0.05) is 19.3 Å². The van der Waals surface area contributed by atoms with E-state index >= 15 is 0 Å². The highest BCUT2D eigenvalue weighted by atomic mass is 16.6. The third kappa shape index (κ3) is 54.0. The Balaban J connectivity index is 4.42. The molecule has 390 valence electrons. The van der Waals surface area contributed by atoms with Crippen molar-refractivity contribution < 1.29 is 28.6 Å². The highest BCUT2D eigenvalue weighted by Gasteiger charge is 2.19. The Labute approximate surface area is 429 Å². The Morgan fingerprint density at radius 3 is 0.957 bits per heavy atom. The van der Waals surface area contributed by atoms with Gasteiger partial charge in [-0.25, -0.2) is 0 Å². The van der Waals surface area contributed by atoms with Crippen molar-refractivity contribution in [2.45, 2.75) is 213 Å². The zero-order chi connectivity index (χ0) is 50.7. The largest absolute Gasteiger partial charge is 0.462 e. The molecule has 1 unspecified atom stereocenters. The van der Waals surface area contributed by atoms with Crippen LogP contribution in [0.2, 0.25) is 0 Å². The lowest BCUT2D eigenvalue weighted by Gasteiger charge is -2.18. The van der Waals surface area contributed by atoms with Crippen LogP contribution in [0.25, 0.3) is 0 Å². The zero-order valence-electron chi connectivity index (χ0n) is 44.5. The average Bonchev–Trinajstić information content (AvgIpc) is 3.36.